The third-order valence-electron chi connectivity index (χ3n) is 13.4. The summed E-state index contributed by atoms with van der Waals surface area (Å²) in [6.07, 6.45) is 7.19. The number of rotatable bonds is 8. The maximum atomic E-state index is 14.1. The van der Waals surface area contributed by atoms with Crippen molar-refractivity contribution in [2.45, 2.75) is 76.4 Å². The van der Waals surface area contributed by atoms with Crippen molar-refractivity contribution in [2.24, 2.45) is 10.8 Å². The van der Waals surface area contributed by atoms with Gasteiger partial charge in [-0.25, -0.2) is 4.98 Å². The number of amides is 1. The van der Waals surface area contributed by atoms with Crippen LogP contribution in [0.2, 0.25) is 0 Å². The quantitative estimate of drug-likeness (QED) is 0.194. The zero-order valence-electron chi connectivity index (χ0n) is 30.9. The summed E-state index contributed by atoms with van der Waals surface area (Å²) in [6.45, 7) is 11.2. The van der Waals surface area contributed by atoms with Crippen molar-refractivity contribution in [2.75, 3.05) is 68.8 Å². The molecule has 4 aromatic rings. The lowest BCUT2D eigenvalue weighted by atomic mass is 9.60. The summed E-state index contributed by atoms with van der Waals surface area (Å²) in [5.74, 6) is 1.65. The SMILES string of the molecule is C=CC(=O)N1CC2(CCN(c3nc(N4CC5(CC(N6CCCC6)C5)C4)nc4c(OCC(F)(F)F)c(-c5c(C)ccc6[nH]ncc56)c(C5CC5)cc34)CC2)C1. The van der Waals surface area contributed by atoms with E-state index in [4.69, 9.17) is 14.7 Å². The number of hydrogen-bond acceptors (Lipinski definition) is 8. The molecule has 6 aliphatic rings. The van der Waals surface area contributed by atoms with Crippen molar-refractivity contribution in [3.8, 4) is 16.9 Å². The second kappa shape index (κ2) is 12.3. The summed E-state index contributed by atoms with van der Waals surface area (Å²) in [5.41, 5.74) is 4.97. The molecule has 6 fully saturated rings. The highest BCUT2D eigenvalue weighted by Gasteiger charge is 2.55. The smallest absolute Gasteiger partial charge is 0.422 e. The summed E-state index contributed by atoms with van der Waals surface area (Å²) in [6, 6.07) is 6.75. The first kappa shape index (κ1) is 34.1. The highest BCUT2D eigenvalue weighted by atomic mass is 19.4. The minimum Gasteiger partial charge on any atom is -0.481 e. The third-order valence-corrected chi connectivity index (χ3v) is 13.4. The number of aromatic nitrogens is 4. The van der Waals surface area contributed by atoms with Gasteiger partial charge in [0.25, 0.3) is 0 Å². The maximum absolute atomic E-state index is 14.1. The van der Waals surface area contributed by atoms with E-state index in [1.165, 1.54) is 44.8 Å². The molecule has 2 spiro atoms. The second-order valence-corrected chi connectivity index (χ2v) is 17.2. The lowest BCUT2D eigenvalue weighted by Gasteiger charge is -2.60. The Bertz CT molecular complexity index is 2140. The third kappa shape index (κ3) is 5.71. The molecule has 6 heterocycles. The summed E-state index contributed by atoms with van der Waals surface area (Å²) in [7, 11) is 0. The number of nitrogens with zero attached hydrogens (tertiary/aromatic N) is 7. The average Bonchev–Trinajstić information content (AvgIpc) is 3.59. The van der Waals surface area contributed by atoms with Gasteiger partial charge in [0.15, 0.2) is 12.4 Å². The number of anilines is 2. The molecule has 54 heavy (non-hydrogen) atoms. The summed E-state index contributed by atoms with van der Waals surface area (Å²) in [4.78, 5) is 31.8. The Balaban J connectivity index is 1.09. The van der Waals surface area contributed by atoms with Crippen LogP contribution >= 0.6 is 0 Å². The number of alkyl halides is 3. The lowest BCUT2D eigenvalue weighted by Crippen LogP contribution is -2.66. The molecular weight excluding hydrogens is 693 g/mol. The van der Waals surface area contributed by atoms with Crippen LogP contribution < -0.4 is 14.5 Å². The molecule has 4 aliphatic heterocycles. The molecule has 0 radical (unpaired) electrons. The molecule has 10 rings (SSSR count). The molecule has 1 amide bonds. The number of hydrogen-bond donors (Lipinski definition) is 1. The molecule has 2 aromatic carbocycles. The zero-order chi connectivity index (χ0) is 37.0. The Labute approximate surface area is 312 Å². The number of ether oxygens (including phenoxy) is 1. The molecule has 0 atom stereocenters. The first-order valence-electron chi connectivity index (χ1n) is 19.7. The first-order valence-corrected chi connectivity index (χ1v) is 19.7. The van der Waals surface area contributed by atoms with Gasteiger partial charge in [0.2, 0.25) is 11.9 Å². The zero-order valence-corrected chi connectivity index (χ0v) is 30.9. The van der Waals surface area contributed by atoms with Gasteiger partial charge in [-0.2, -0.15) is 23.3 Å². The molecule has 2 aliphatic carbocycles. The average molecular weight is 741 g/mol. The van der Waals surface area contributed by atoms with Gasteiger partial charge in [-0.05, 0) is 112 Å². The van der Waals surface area contributed by atoms with E-state index < -0.39 is 12.8 Å². The van der Waals surface area contributed by atoms with Crippen LogP contribution in [-0.4, -0.2) is 107 Å². The van der Waals surface area contributed by atoms with Crippen molar-refractivity contribution < 1.29 is 22.7 Å². The van der Waals surface area contributed by atoms with Crippen LogP contribution in [0.5, 0.6) is 5.75 Å². The van der Waals surface area contributed by atoms with Crippen molar-refractivity contribution in [1.29, 1.82) is 0 Å². The fraction of sp³-hybridized carbons (Fsp3) is 0.561. The number of fused-ring (bicyclic) bond motifs is 2. The standard InChI is InChI=1S/C41H47F3N8O2/c1-3-32(53)51-20-39(21-51)10-14-50(15-11-39)37-29-16-28(26-7-8-26)34(33-25(2)6-9-31-30(33)19-45-48-31)36(54-24-41(42,43)44)35(29)46-38(47-37)52-22-40(23-52)17-27(18-40)49-12-4-5-13-49/h3,6,9,16,19,26-27H,1,4-5,7-8,10-15,17-18,20-24H2,2H3,(H,45,48). The lowest BCUT2D eigenvalue weighted by molar-refractivity contribution is -0.153. The second-order valence-electron chi connectivity index (χ2n) is 17.2. The Morgan fingerprint density at radius 2 is 1.72 bits per heavy atom. The topological polar surface area (TPSA) is 93.7 Å². The maximum Gasteiger partial charge on any atom is 0.422 e. The minimum absolute atomic E-state index is 0.0313. The van der Waals surface area contributed by atoms with Gasteiger partial charge in [0, 0.05) is 72.5 Å². The van der Waals surface area contributed by atoms with E-state index in [1.54, 1.807) is 6.20 Å². The van der Waals surface area contributed by atoms with Crippen LogP contribution in [0, 0.1) is 17.8 Å². The number of nitrogens with one attached hydrogen (secondary N) is 1. The van der Waals surface area contributed by atoms with Gasteiger partial charge in [-0.3, -0.25) is 9.89 Å². The molecule has 13 heteroatoms. The van der Waals surface area contributed by atoms with Gasteiger partial charge in [-0.15, -0.1) is 0 Å². The van der Waals surface area contributed by atoms with E-state index >= 15 is 0 Å². The van der Waals surface area contributed by atoms with Crippen LogP contribution in [0.25, 0.3) is 32.9 Å². The molecule has 0 bridgehead atoms. The number of benzene rings is 2. The molecule has 284 valence electrons. The van der Waals surface area contributed by atoms with E-state index in [2.05, 4.69) is 37.5 Å². The molecule has 10 nitrogen and oxygen atoms in total. The van der Waals surface area contributed by atoms with Crippen LogP contribution in [0.3, 0.4) is 0 Å². The number of piperidine rings is 1. The van der Waals surface area contributed by atoms with Crippen molar-refractivity contribution in [3.05, 3.63) is 48.2 Å². The highest BCUT2D eigenvalue weighted by molar-refractivity contribution is 6.06. The van der Waals surface area contributed by atoms with Crippen molar-refractivity contribution in [1.82, 2.24) is 30.0 Å². The minimum atomic E-state index is -4.54. The van der Waals surface area contributed by atoms with E-state index in [9.17, 15) is 18.0 Å². The van der Waals surface area contributed by atoms with Crippen LogP contribution in [-0.2, 0) is 4.79 Å². The number of aryl methyl sites for hydroxylation is 1. The van der Waals surface area contributed by atoms with E-state index in [-0.39, 0.29) is 28.4 Å². The van der Waals surface area contributed by atoms with Gasteiger partial charge < -0.3 is 24.3 Å². The Morgan fingerprint density at radius 3 is 2.41 bits per heavy atom. The van der Waals surface area contributed by atoms with Crippen molar-refractivity contribution in [3.63, 3.8) is 0 Å². The molecule has 4 saturated heterocycles. The monoisotopic (exact) mass is 740 g/mol. The molecule has 0 unspecified atom stereocenters. The van der Waals surface area contributed by atoms with Crippen molar-refractivity contribution >= 4 is 39.5 Å². The first-order chi connectivity index (χ1) is 26.0. The van der Waals surface area contributed by atoms with E-state index in [1.807, 2.05) is 24.0 Å². The Kier molecular flexibility index (Phi) is 7.78. The van der Waals surface area contributed by atoms with Crippen LogP contribution in [0.1, 0.15) is 68.4 Å². The van der Waals surface area contributed by atoms with Gasteiger partial charge in [0.1, 0.15) is 11.3 Å². The molecular formula is C41H47F3N8O2. The number of aromatic amines is 1. The van der Waals surface area contributed by atoms with Gasteiger partial charge >= 0.3 is 6.18 Å². The number of halogens is 3. The van der Waals surface area contributed by atoms with Gasteiger partial charge in [-0.1, -0.05) is 12.6 Å². The van der Waals surface area contributed by atoms with E-state index in [0.29, 0.717) is 23.1 Å². The molecule has 2 aromatic heterocycles. The van der Waals surface area contributed by atoms with Crippen LogP contribution in [0.4, 0.5) is 24.9 Å². The van der Waals surface area contributed by atoms with Gasteiger partial charge in [0.05, 0.1) is 11.7 Å². The fourth-order valence-corrected chi connectivity index (χ4v) is 10.4. The molecule has 1 N–H and O–H groups in total. The number of carbonyl (C=O) groups excluding carboxylic acids is 1. The number of H-pyrrole nitrogens is 1. The largest absolute Gasteiger partial charge is 0.481 e. The predicted molar refractivity (Wildman–Crippen MR) is 202 cm³/mol. The normalized spacial score (nSPS) is 22.6. The summed E-state index contributed by atoms with van der Waals surface area (Å²) >= 11 is 0. The Morgan fingerprint density at radius 1 is 0.981 bits per heavy atom. The predicted octanol–water partition coefficient (Wildman–Crippen LogP) is 6.98. The van der Waals surface area contributed by atoms with E-state index in [0.717, 1.165) is 104 Å². The van der Waals surface area contributed by atoms with Crippen LogP contribution in [0.15, 0.2) is 37.1 Å². The Hall–Kier alpha value is -4.39. The summed E-state index contributed by atoms with van der Waals surface area (Å²) in [5, 5.41) is 8.95. The number of carbonyl (C=O) groups is 1. The highest BCUT2D eigenvalue weighted by Crippen LogP contribution is 2.55. The number of likely N-dealkylation sites (tertiary alicyclic amines) is 2. The summed E-state index contributed by atoms with van der Waals surface area (Å²) < 4.78 is 48.4. The molecule has 2 saturated carbocycles. The fourth-order valence-electron chi connectivity index (χ4n) is 10.4.